The quantitative estimate of drug-likeness (QED) is 0.359. The van der Waals surface area contributed by atoms with Crippen molar-refractivity contribution in [2.45, 2.75) is 20.3 Å². The molecule has 0 amide bonds. The van der Waals surface area contributed by atoms with E-state index in [1.807, 2.05) is 32.1 Å². The van der Waals surface area contributed by atoms with Crippen LogP contribution in [-0.2, 0) is 6.42 Å². The SMILES string of the molecule is CC(C)=CCc1ccccc1C(=O)/C(O)=C(\O)c1ccccc1. The Morgan fingerprint density at radius 1 is 0.957 bits per heavy atom. The van der Waals surface area contributed by atoms with Crippen LogP contribution in [0.4, 0.5) is 0 Å². The summed E-state index contributed by atoms with van der Waals surface area (Å²) in [5, 5.41) is 20.3. The van der Waals surface area contributed by atoms with Crippen molar-refractivity contribution in [3.05, 3.63) is 88.7 Å². The van der Waals surface area contributed by atoms with Gasteiger partial charge in [0.1, 0.15) is 0 Å². The van der Waals surface area contributed by atoms with Crippen LogP contribution in [0, 0.1) is 0 Å². The molecule has 0 aliphatic heterocycles. The molecule has 0 aromatic heterocycles. The minimum absolute atomic E-state index is 0.394. The molecular formula is C20H20O3. The molecule has 0 radical (unpaired) electrons. The number of rotatable bonds is 5. The molecule has 2 rings (SSSR count). The number of carbonyl (C=O) groups is 1. The summed E-state index contributed by atoms with van der Waals surface area (Å²) in [7, 11) is 0. The zero-order valence-electron chi connectivity index (χ0n) is 13.3. The Hall–Kier alpha value is -2.81. The first-order chi connectivity index (χ1) is 11.0. The molecule has 2 N–H and O–H groups in total. The van der Waals surface area contributed by atoms with E-state index in [-0.39, 0.29) is 0 Å². The maximum Gasteiger partial charge on any atom is 0.231 e. The average Bonchev–Trinajstić information content (AvgIpc) is 2.59. The molecule has 3 nitrogen and oxygen atoms in total. The zero-order valence-corrected chi connectivity index (χ0v) is 13.3. The highest BCUT2D eigenvalue weighted by molar-refractivity contribution is 6.11. The molecule has 0 aliphatic carbocycles. The van der Waals surface area contributed by atoms with Gasteiger partial charge in [-0.3, -0.25) is 4.79 Å². The number of carbonyl (C=O) groups excluding carboxylic acids is 1. The van der Waals surface area contributed by atoms with Gasteiger partial charge in [0, 0.05) is 11.1 Å². The Kier molecular flexibility index (Phi) is 5.36. The highest BCUT2D eigenvalue weighted by atomic mass is 16.3. The van der Waals surface area contributed by atoms with Gasteiger partial charge >= 0.3 is 0 Å². The van der Waals surface area contributed by atoms with E-state index in [1.54, 1.807) is 42.5 Å². The van der Waals surface area contributed by atoms with Gasteiger partial charge < -0.3 is 10.2 Å². The largest absolute Gasteiger partial charge is 0.504 e. The number of hydrogen-bond acceptors (Lipinski definition) is 3. The normalized spacial score (nSPS) is 11.6. The summed E-state index contributed by atoms with van der Waals surface area (Å²) in [6.07, 6.45) is 2.62. The monoisotopic (exact) mass is 308 g/mol. The Labute approximate surface area is 136 Å². The van der Waals surface area contributed by atoms with Crippen molar-refractivity contribution in [1.82, 2.24) is 0 Å². The molecule has 0 atom stereocenters. The third-order valence-corrected chi connectivity index (χ3v) is 3.48. The molecular weight excluding hydrogens is 288 g/mol. The molecule has 0 bridgehead atoms. The van der Waals surface area contributed by atoms with Crippen LogP contribution in [0.5, 0.6) is 0 Å². The first-order valence-corrected chi connectivity index (χ1v) is 7.44. The number of benzene rings is 2. The predicted molar refractivity (Wildman–Crippen MR) is 92.5 cm³/mol. The number of allylic oxidation sites excluding steroid dienone is 3. The lowest BCUT2D eigenvalue weighted by atomic mass is 9.98. The van der Waals surface area contributed by atoms with Gasteiger partial charge in [0.2, 0.25) is 11.5 Å². The summed E-state index contributed by atoms with van der Waals surface area (Å²) >= 11 is 0. The highest BCUT2D eigenvalue weighted by Crippen LogP contribution is 2.20. The third kappa shape index (κ3) is 4.10. The van der Waals surface area contributed by atoms with Gasteiger partial charge in [-0.25, -0.2) is 0 Å². The molecule has 0 fully saturated rings. The Bertz CT molecular complexity index is 751. The van der Waals surface area contributed by atoms with Crippen molar-refractivity contribution < 1.29 is 15.0 Å². The fourth-order valence-corrected chi connectivity index (χ4v) is 2.20. The molecule has 0 unspecified atom stereocenters. The third-order valence-electron chi connectivity index (χ3n) is 3.48. The lowest BCUT2D eigenvalue weighted by molar-refractivity contribution is 0.0974. The van der Waals surface area contributed by atoms with E-state index in [1.165, 1.54) is 0 Å². The fraction of sp³-hybridized carbons (Fsp3) is 0.150. The van der Waals surface area contributed by atoms with Gasteiger partial charge in [-0.05, 0) is 25.8 Å². The maximum atomic E-state index is 12.5. The molecule has 0 heterocycles. The Morgan fingerprint density at radius 3 is 2.22 bits per heavy atom. The number of hydrogen-bond donors (Lipinski definition) is 2. The predicted octanol–water partition coefficient (Wildman–Crippen LogP) is 4.86. The summed E-state index contributed by atoms with van der Waals surface area (Å²) in [6, 6.07) is 15.6. The van der Waals surface area contributed by atoms with E-state index in [2.05, 4.69) is 0 Å². The number of aliphatic hydroxyl groups is 2. The second-order valence-electron chi connectivity index (χ2n) is 5.54. The minimum atomic E-state index is -0.638. The fourth-order valence-electron chi connectivity index (χ4n) is 2.20. The lowest BCUT2D eigenvalue weighted by Crippen LogP contribution is -2.09. The first kappa shape index (κ1) is 16.6. The Balaban J connectivity index is 2.39. The van der Waals surface area contributed by atoms with E-state index in [0.717, 1.165) is 11.1 Å². The molecule has 0 aliphatic rings. The number of Topliss-reactive ketones (excluding diaryl/α,β-unsaturated/α-hetero) is 1. The van der Waals surface area contributed by atoms with E-state index in [9.17, 15) is 15.0 Å². The molecule has 0 saturated heterocycles. The van der Waals surface area contributed by atoms with Crippen molar-refractivity contribution in [3.8, 4) is 0 Å². The van der Waals surface area contributed by atoms with Gasteiger partial charge in [0.15, 0.2) is 5.76 Å². The molecule has 23 heavy (non-hydrogen) atoms. The minimum Gasteiger partial charge on any atom is -0.504 e. The van der Waals surface area contributed by atoms with Crippen LogP contribution in [-0.4, -0.2) is 16.0 Å². The second-order valence-corrected chi connectivity index (χ2v) is 5.54. The second kappa shape index (κ2) is 7.45. The standard InChI is InChI=1S/C20H20O3/c1-14(2)12-13-15-8-6-7-11-17(15)19(22)20(23)18(21)16-9-4-3-5-10-16/h3-12,21,23H,13H2,1-2H3/b20-18+. The van der Waals surface area contributed by atoms with Crippen LogP contribution in [0.15, 0.2) is 72.0 Å². The van der Waals surface area contributed by atoms with Gasteiger partial charge in [0.25, 0.3) is 0 Å². The van der Waals surface area contributed by atoms with Crippen LogP contribution in [0.1, 0.15) is 35.3 Å². The first-order valence-electron chi connectivity index (χ1n) is 7.44. The summed E-state index contributed by atoms with van der Waals surface area (Å²) in [4.78, 5) is 12.5. The van der Waals surface area contributed by atoms with Crippen LogP contribution in [0.2, 0.25) is 0 Å². The van der Waals surface area contributed by atoms with E-state index >= 15 is 0 Å². The van der Waals surface area contributed by atoms with Crippen LogP contribution in [0.3, 0.4) is 0 Å². The van der Waals surface area contributed by atoms with Gasteiger partial charge in [-0.15, -0.1) is 0 Å². The van der Waals surface area contributed by atoms with Gasteiger partial charge in [-0.2, -0.15) is 0 Å². The number of aliphatic hydroxyl groups excluding tert-OH is 2. The molecule has 2 aromatic carbocycles. The summed E-state index contributed by atoms with van der Waals surface area (Å²) in [6.45, 7) is 3.98. The van der Waals surface area contributed by atoms with Crippen molar-refractivity contribution in [2.24, 2.45) is 0 Å². The maximum absolute atomic E-state index is 12.5. The van der Waals surface area contributed by atoms with E-state index in [4.69, 9.17) is 0 Å². The molecule has 0 saturated carbocycles. The average molecular weight is 308 g/mol. The van der Waals surface area contributed by atoms with Gasteiger partial charge in [0.05, 0.1) is 0 Å². The van der Waals surface area contributed by atoms with Crippen LogP contribution < -0.4 is 0 Å². The van der Waals surface area contributed by atoms with Gasteiger partial charge in [-0.1, -0.05) is 66.2 Å². The van der Waals surface area contributed by atoms with E-state index < -0.39 is 17.3 Å². The summed E-state index contributed by atoms with van der Waals surface area (Å²) < 4.78 is 0. The lowest BCUT2D eigenvalue weighted by Gasteiger charge is -2.08. The highest BCUT2D eigenvalue weighted by Gasteiger charge is 2.19. The van der Waals surface area contributed by atoms with E-state index in [0.29, 0.717) is 17.5 Å². The van der Waals surface area contributed by atoms with Crippen molar-refractivity contribution in [2.75, 3.05) is 0 Å². The smallest absolute Gasteiger partial charge is 0.231 e. The van der Waals surface area contributed by atoms with Crippen molar-refractivity contribution >= 4 is 11.5 Å². The molecule has 2 aromatic rings. The van der Waals surface area contributed by atoms with Crippen LogP contribution >= 0.6 is 0 Å². The van der Waals surface area contributed by atoms with Crippen molar-refractivity contribution in [1.29, 1.82) is 0 Å². The summed E-state index contributed by atoms with van der Waals surface area (Å²) in [5.74, 6) is -1.63. The topological polar surface area (TPSA) is 57.5 Å². The molecule has 0 spiro atoms. The van der Waals surface area contributed by atoms with Crippen molar-refractivity contribution in [3.63, 3.8) is 0 Å². The Morgan fingerprint density at radius 2 is 1.57 bits per heavy atom. The molecule has 3 heteroatoms. The van der Waals surface area contributed by atoms with Crippen LogP contribution in [0.25, 0.3) is 5.76 Å². The molecule has 118 valence electrons. The summed E-state index contributed by atoms with van der Waals surface area (Å²) in [5.41, 5.74) is 2.76. The number of ketones is 1. The zero-order chi connectivity index (χ0) is 16.8.